The predicted octanol–water partition coefficient (Wildman–Crippen LogP) is 3.80. The van der Waals surface area contributed by atoms with Gasteiger partial charge < -0.3 is 4.74 Å². The van der Waals surface area contributed by atoms with Gasteiger partial charge in [0.2, 0.25) is 0 Å². The summed E-state index contributed by atoms with van der Waals surface area (Å²) in [4.78, 5) is -0.539. The highest BCUT2D eigenvalue weighted by molar-refractivity contribution is 7.93. The van der Waals surface area contributed by atoms with Crippen LogP contribution < -0.4 is 9.04 Å². The standard InChI is InChI=1S/C15H14F3NO3S/c1-2-19(12-8-4-3-5-9-12)23(20,21)14-11-7-6-10-13(14)22-15(16,17)18/h3-11H,2H2,1H3. The van der Waals surface area contributed by atoms with E-state index >= 15 is 0 Å². The molecule has 0 saturated carbocycles. The van der Waals surface area contributed by atoms with Gasteiger partial charge in [0.1, 0.15) is 10.6 Å². The van der Waals surface area contributed by atoms with Gasteiger partial charge in [0.15, 0.2) is 0 Å². The van der Waals surface area contributed by atoms with Crippen molar-refractivity contribution in [2.24, 2.45) is 0 Å². The molecule has 0 fully saturated rings. The van der Waals surface area contributed by atoms with Crippen LogP contribution in [0.4, 0.5) is 18.9 Å². The fraction of sp³-hybridized carbons (Fsp3) is 0.200. The monoisotopic (exact) mass is 345 g/mol. The number of alkyl halides is 3. The fourth-order valence-electron chi connectivity index (χ4n) is 2.08. The van der Waals surface area contributed by atoms with Crippen molar-refractivity contribution in [1.29, 1.82) is 0 Å². The Bertz CT molecular complexity index is 761. The van der Waals surface area contributed by atoms with E-state index in [9.17, 15) is 21.6 Å². The minimum Gasteiger partial charge on any atom is -0.404 e. The first-order valence-corrected chi connectivity index (χ1v) is 8.12. The lowest BCUT2D eigenvalue weighted by Crippen LogP contribution is -2.31. The molecule has 2 rings (SSSR count). The Morgan fingerprint density at radius 1 is 1.00 bits per heavy atom. The number of hydrogen-bond acceptors (Lipinski definition) is 3. The van der Waals surface area contributed by atoms with Crippen molar-refractivity contribution in [2.75, 3.05) is 10.8 Å². The van der Waals surface area contributed by atoms with E-state index in [0.29, 0.717) is 5.69 Å². The van der Waals surface area contributed by atoms with Crippen LogP contribution in [0.3, 0.4) is 0 Å². The minimum absolute atomic E-state index is 0.0622. The van der Waals surface area contributed by atoms with Crippen molar-refractivity contribution in [3.8, 4) is 5.75 Å². The first-order chi connectivity index (χ1) is 10.8. The van der Waals surface area contributed by atoms with Crippen molar-refractivity contribution in [3.05, 3.63) is 54.6 Å². The van der Waals surface area contributed by atoms with Gasteiger partial charge in [0.05, 0.1) is 5.69 Å². The summed E-state index contributed by atoms with van der Waals surface area (Å²) in [5.41, 5.74) is 0.358. The summed E-state index contributed by atoms with van der Waals surface area (Å²) < 4.78 is 67.8. The lowest BCUT2D eigenvalue weighted by molar-refractivity contribution is -0.275. The molecule has 0 spiro atoms. The zero-order chi connectivity index (χ0) is 17.1. The highest BCUT2D eigenvalue weighted by Crippen LogP contribution is 2.32. The molecule has 23 heavy (non-hydrogen) atoms. The van der Waals surface area contributed by atoms with Crippen molar-refractivity contribution in [3.63, 3.8) is 0 Å². The lowest BCUT2D eigenvalue weighted by atomic mass is 10.3. The van der Waals surface area contributed by atoms with Crippen LogP contribution in [0, 0.1) is 0 Å². The van der Waals surface area contributed by atoms with Crippen molar-refractivity contribution in [1.82, 2.24) is 0 Å². The molecule has 2 aromatic carbocycles. The van der Waals surface area contributed by atoms with Gasteiger partial charge in [-0.25, -0.2) is 8.42 Å². The maximum absolute atomic E-state index is 12.7. The Balaban J connectivity index is 2.51. The summed E-state index contributed by atoms with van der Waals surface area (Å²) in [6.45, 7) is 1.66. The molecule has 0 unspecified atom stereocenters. The number of benzene rings is 2. The van der Waals surface area contributed by atoms with Gasteiger partial charge in [-0.15, -0.1) is 13.2 Å². The van der Waals surface area contributed by atoms with Crippen molar-refractivity contribution in [2.45, 2.75) is 18.2 Å². The number of ether oxygens (including phenoxy) is 1. The van der Waals surface area contributed by atoms with E-state index in [-0.39, 0.29) is 6.54 Å². The molecule has 0 aliphatic carbocycles. The predicted molar refractivity (Wildman–Crippen MR) is 79.8 cm³/mol. The average Bonchev–Trinajstić information content (AvgIpc) is 2.47. The van der Waals surface area contributed by atoms with Gasteiger partial charge in [0.25, 0.3) is 10.0 Å². The van der Waals surface area contributed by atoms with Crippen LogP contribution in [0.5, 0.6) is 5.75 Å². The van der Waals surface area contributed by atoms with E-state index in [2.05, 4.69) is 4.74 Å². The molecule has 0 heterocycles. The Morgan fingerprint density at radius 2 is 1.57 bits per heavy atom. The molecular weight excluding hydrogens is 331 g/mol. The quantitative estimate of drug-likeness (QED) is 0.828. The maximum atomic E-state index is 12.7. The summed E-state index contributed by atoms with van der Waals surface area (Å²) in [5.74, 6) is -0.755. The third-order valence-corrected chi connectivity index (χ3v) is 4.92. The molecular formula is C15H14F3NO3S. The number of hydrogen-bond donors (Lipinski definition) is 0. The maximum Gasteiger partial charge on any atom is 0.573 e. The normalized spacial score (nSPS) is 12.0. The largest absolute Gasteiger partial charge is 0.573 e. The second-order valence-electron chi connectivity index (χ2n) is 4.50. The average molecular weight is 345 g/mol. The molecule has 8 heteroatoms. The van der Waals surface area contributed by atoms with Crippen LogP contribution in [0.15, 0.2) is 59.5 Å². The number of halogens is 3. The summed E-state index contributed by atoms with van der Waals surface area (Å²) >= 11 is 0. The Morgan fingerprint density at radius 3 is 2.13 bits per heavy atom. The van der Waals surface area contributed by atoms with Crippen molar-refractivity contribution >= 4 is 15.7 Å². The third kappa shape index (κ3) is 3.95. The SMILES string of the molecule is CCN(c1ccccc1)S(=O)(=O)c1ccccc1OC(F)(F)F. The molecule has 0 N–H and O–H groups in total. The van der Waals surface area contributed by atoms with Crippen LogP contribution in [0.25, 0.3) is 0 Å². The third-order valence-electron chi connectivity index (χ3n) is 2.97. The Labute approximate surface area is 132 Å². The zero-order valence-corrected chi connectivity index (χ0v) is 12.9. The number of para-hydroxylation sites is 2. The number of nitrogens with zero attached hydrogens (tertiary/aromatic N) is 1. The summed E-state index contributed by atoms with van der Waals surface area (Å²) in [6.07, 6.45) is -4.98. The molecule has 0 aliphatic rings. The Kier molecular flexibility index (Phi) is 4.84. The number of rotatable bonds is 5. The molecule has 0 bridgehead atoms. The molecule has 0 amide bonds. The molecule has 0 saturated heterocycles. The summed E-state index contributed by atoms with van der Waals surface area (Å²) in [5, 5.41) is 0. The molecule has 0 atom stereocenters. The van der Waals surface area contributed by atoms with Gasteiger partial charge in [-0.2, -0.15) is 0 Å². The second-order valence-corrected chi connectivity index (χ2v) is 6.33. The molecule has 0 aromatic heterocycles. The van der Waals surface area contributed by atoms with Crippen LogP contribution >= 0.6 is 0 Å². The van der Waals surface area contributed by atoms with E-state index in [4.69, 9.17) is 0 Å². The topological polar surface area (TPSA) is 46.6 Å². The zero-order valence-electron chi connectivity index (χ0n) is 12.1. The summed E-state index contributed by atoms with van der Waals surface area (Å²) in [6, 6.07) is 12.8. The summed E-state index contributed by atoms with van der Waals surface area (Å²) in [7, 11) is -4.20. The van der Waals surface area contributed by atoms with Crippen LogP contribution in [0.1, 0.15) is 6.92 Å². The van der Waals surface area contributed by atoms with Gasteiger partial charge in [-0.1, -0.05) is 30.3 Å². The van der Waals surface area contributed by atoms with E-state index in [1.807, 2.05) is 0 Å². The van der Waals surface area contributed by atoms with Gasteiger partial charge in [0, 0.05) is 6.54 Å². The van der Waals surface area contributed by atoms with Crippen LogP contribution in [-0.2, 0) is 10.0 Å². The Hall–Kier alpha value is -2.22. The number of sulfonamides is 1. The minimum atomic E-state index is -4.98. The molecule has 4 nitrogen and oxygen atoms in total. The van der Waals surface area contributed by atoms with E-state index in [0.717, 1.165) is 16.4 Å². The van der Waals surface area contributed by atoms with E-state index < -0.39 is 27.0 Å². The molecule has 0 radical (unpaired) electrons. The van der Waals surface area contributed by atoms with Crippen molar-refractivity contribution < 1.29 is 26.3 Å². The smallest absolute Gasteiger partial charge is 0.404 e. The van der Waals surface area contributed by atoms with E-state index in [1.54, 1.807) is 37.3 Å². The molecule has 0 aliphatic heterocycles. The first-order valence-electron chi connectivity index (χ1n) is 6.68. The highest BCUT2D eigenvalue weighted by atomic mass is 32.2. The fourth-order valence-corrected chi connectivity index (χ4v) is 3.67. The highest BCUT2D eigenvalue weighted by Gasteiger charge is 2.35. The molecule has 2 aromatic rings. The van der Waals surface area contributed by atoms with Crippen LogP contribution in [-0.4, -0.2) is 21.3 Å². The first kappa shape index (κ1) is 17.1. The van der Waals surface area contributed by atoms with E-state index in [1.165, 1.54) is 12.1 Å². The van der Waals surface area contributed by atoms with Crippen LogP contribution in [0.2, 0.25) is 0 Å². The van der Waals surface area contributed by atoms with Gasteiger partial charge in [-0.3, -0.25) is 4.31 Å². The molecule has 124 valence electrons. The van der Waals surface area contributed by atoms with Gasteiger partial charge >= 0.3 is 6.36 Å². The second kappa shape index (κ2) is 6.49. The number of anilines is 1. The van der Waals surface area contributed by atoms with Gasteiger partial charge in [-0.05, 0) is 31.2 Å². The lowest BCUT2D eigenvalue weighted by Gasteiger charge is -2.24.